The number of halogens is 1. The van der Waals surface area contributed by atoms with Gasteiger partial charge in [-0.1, -0.05) is 42.5 Å². The zero-order valence-electron chi connectivity index (χ0n) is 16.7. The van der Waals surface area contributed by atoms with Crippen LogP contribution in [0.15, 0.2) is 54.6 Å². The van der Waals surface area contributed by atoms with Crippen molar-refractivity contribution in [2.75, 3.05) is 26.3 Å². The second-order valence-electron chi connectivity index (χ2n) is 8.27. The van der Waals surface area contributed by atoms with Crippen LogP contribution in [0.1, 0.15) is 30.4 Å². The van der Waals surface area contributed by atoms with Gasteiger partial charge in [-0.3, -0.25) is 4.79 Å². The van der Waals surface area contributed by atoms with Crippen molar-refractivity contribution in [3.05, 3.63) is 71.5 Å². The van der Waals surface area contributed by atoms with E-state index in [1.807, 2.05) is 29.2 Å². The molecule has 1 spiro atoms. The van der Waals surface area contributed by atoms with Gasteiger partial charge in [0.2, 0.25) is 5.91 Å². The Labute approximate surface area is 171 Å². The molecule has 2 aromatic carbocycles. The van der Waals surface area contributed by atoms with Crippen LogP contribution in [-0.4, -0.2) is 42.7 Å². The van der Waals surface area contributed by atoms with Crippen molar-refractivity contribution in [2.45, 2.75) is 37.9 Å². The third-order valence-electron chi connectivity index (χ3n) is 5.90. The predicted octanol–water partition coefficient (Wildman–Crippen LogP) is 3.98. The second kappa shape index (κ2) is 9.06. The summed E-state index contributed by atoms with van der Waals surface area (Å²) in [7, 11) is 0. The molecule has 0 aromatic heterocycles. The monoisotopic (exact) mass is 397 g/mol. The molecule has 0 bridgehead atoms. The highest BCUT2D eigenvalue weighted by atomic mass is 19.1. The number of carbonyl (C=O) groups is 1. The summed E-state index contributed by atoms with van der Waals surface area (Å²) in [5, 5.41) is 0. The molecule has 2 aromatic rings. The smallest absolute Gasteiger partial charge is 0.223 e. The maximum Gasteiger partial charge on any atom is 0.223 e. The Morgan fingerprint density at radius 3 is 2.72 bits per heavy atom. The molecule has 154 valence electrons. The number of benzene rings is 2. The molecule has 2 aliphatic heterocycles. The van der Waals surface area contributed by atoms with E-state index in [0.717, 1.165) is 31.4 Å². The zero-order chi connectivity index (χ0) is 20.1. The predicted molar refractivity (Wildman–Crippen MR) is 109 cm³/mol. The van der Waals surface area contributed by atoms with E-state index in [0.29, 0.717) is 38.6 Å². The van der Waals surface area contributed by atoms with E-state index in [2.05, 4.69) is 12.1 Å². The Bertz CT molecular complexity index is 820. The van der Waals surface area contributed by atoms with Crippen LogP contribution in [0.5, 0.6) is 0 Å². The number of aryl methyl sites for hydroxylation is 1. The minimum atomic E-state index is -0.231. The van der Waals surface area contributed by atoms with E-state index in [9.17, 15) is 9.18 Å². The van der Waals surface area contributed by atoms with Crippen LogP contribution in [0.4, 0.5) is 4.39 Å². The molecule has 1 atom stereocenters. The Kier molecular flexibility index (Phi) is 6.26. The molecule has 0 radical (unpaired) electrons. The van der Waals surface area contributed by atoms with E-state index in [-0.39, 0.29) is 17.3 Å². The number of hydrogen-bond acceptors (Lipinski definition) is 3. The van der Waals surface area contributed by atoms with Crippen molar-refractivity contribution in [1.82, 2.24) is 4.90 Å². The lowest BCUT2D eigenvalue weighted by molar-refractivity contribution is -0.157. The minimum Gasteiger partial charge on any atom is -0.377 e. The number of likely N-dealkylation sites (tertiary alicyclic amines) is 1. The zero-order valence-corrected chi connectivity index (χ0v) is 16.7. The fourth-order valence-corrected chi connectivity index (χ4v) is 4.29. The van der Waals surface area contributed by atoms with Crippen molar-refractivity contribution in [3.63, 3.8) is 0 Å². The number of nitrogens with zero attached hydrogens (tertiary/aromatic N) is 1. The number of hydrogen-bond donors (Lipinski definition) is 0. The van der Waals surface area contributed by atoms with Gasteiger partial charge in [0.15, 0.2) is 0 Å². The summed E-state index contributed by atoms with van der Waals surface area (Å²) >= 11 is 0. The first-order valence-corrected chi connectivity index (χ1v) is 10.4. The van der Waals surface area contributed by atoms with Crippen molar-refractivity contribution in [1.29, 1.82) is 0 Å². The Morgan fingerprint density at radius 2 is 1.93 bits per heavy atom. The lowest BCUT2D eigenvalue weighted by atomic mass is 9.85. The molecule has 2 aliphatic rings. The van der Waals surface area contributed by atoms with Crippen LogP contribution >= 0.6 is 0 Å². The van der Waals surface area contributed by atoms with Crippen molar-refractivity contribution in [3.8, 4) is 0 Å². The highest BCUT2D eigenvalue weighted by Gasteiger charge is 2.50. The fraction of sp³-hybridized carbons (Fsp3) is 0.458. The van der Waals surface area contributed by atoms with Crippen molar-refractivity contribution in [2.24, 2.45) is 5.92 Å². The van der Waals surface area contributed by atoms with Crippen molar-refractivity contribution < 1.29 is 18.7 Å². The largest absolute Gasteiger partial charge is 0.377 e. The molecule has 1 unspecified atom stereocenters. The molecular formula is C24H28FNO3. The van der Waals surface area contributed by atoms with E-state index in [4.69, 9.17) is 9.47 Å². The van der Waals surface area contributed by atoms with Gasteiger partial charge in [0.05, 0.1) is 26.3 Å². The summed E-state index contributed by atoms with van der Waals surface area (Å²) in [6, 6.07) is 16.6. The van der Waals surface area contributed by atoms with E-state index < -0.39 is 0 Å². The van der Waals surface area contributed by atoms with Crippen LogP contribution in [0.2, 0.25) is 0 Å². The number of carbonyl (C=O) groups excluding carboxylic acids is 1. The van der Waals surface area contributed by atoms with Gasteiger partial charge in [0.1, 0.15) is 11.4 Å². The van der Waals surface area contributed by atoms with Crippen LogP contribution < -0.4 is 0 Å². The molecule has 0 saturated carbocycles. The first kappa shape index (κ1) is 20.0. The van der Waals surface area contributed by atoms with Crippen LogP contribution in [0.25, 0.3) is 0 Å². The lowest BCUT2D eigenvalue weighted by Gasteiger charge is -2.47. The van der Waals surface area contributed by atoms with Crippen LogP contribution in [0, 0.1) is 11.7 Å². The van der Waals surface area contributed by atoms with Crippen molar-refractivity contribution >= 4 is 5.91 Å². The Hall–Kier alpha value is -2.24. The SMILES string of the molecule is O=C(CCc1ccccc1)N1CC2(CC(CCOCc3cccc(F)c3)CO2)C1. The maximum absolute atomic E-state index is 13.2. The molecule has 29 heavy (non-hydrogen) atoms. The van der Waals surface area contributed by atoms with Gasteiger partial charge in [-0.15, -0.1) is 0 Å². The topological polar surface area (TPSA) is 38.8 Å². The van der Waals surface area contributed by atoms with E-state index in [1.54, 1.807) is 6.07 Å². The first-order valence-electron chi connectivity index (χ1n) is 10.4. The average molecular weight is 397 g/mol. The van der Waals surface area contributed by atoms with E-state index in [1.165, 1.54) is 17.7 Å². The quantitative estimate of drug-likeness (QED) is 0.633. The normalized spacial score (nSPS) is 20.0. The number of amides is 1. The Morgan fingerprint density at radius 1 is 1.14 bits per heavy atom. The van der Waals surface area contributed by atoms with Gasteiger partial charge in [0.25, 0.3) is 0 Å². The molecule has 2 fully saturated rings. The summed E-state index contributed by atoms with van der Waals surface area (Å²) in [5.74, 6) is 0.444. The van der Waals surface area contributed by atoms with Gasteiger partial charge in [-0.05, 0) is 48.4 Å². The summed E-state index contributed by atoms with van der Waals surface area (Å²) in [6.07, 6.45) is 3.25. The standard InChI is InChI=1S/C24H28FNO3/c25-22-8-4-7-20(13-22)15-28-12-11-21-14-24(29-16-21)17-26(18-24)23(27)10-9-19-5-2-1-3-6-19/h1-8,13,21H,9-12,14-18H2. The van der Waals surface area contributed by atoms with Gasteiger partial charge >= 0.3 is 0 Å². The molecule has 2 heterocycles. The van der Waals surface area contributed by atoms with Crippen LogP contribution in [-0.2, 0) is 27.3 Å². The summed E-state index contributed by atoms with van der Waals surface area (Å²) < 4.78 is 24.9. The van der Waals surface area contributed by atoms with Gasteiger partial charge in [-0.25, -0.2) is 4.39 Å². The second-order valence-corrected chi connectivity index (χ2v) is 8.27. The lowest BCUT2D eigenvalue weighted by Crippen LogP contribution is -2.63. The third-order valence-corrected chi connectivity index (χ3v) is 5.90. The number of ether oxygens (including phenoxy) is 2. The molecule has 1 amide bonds. The Balaban J connectivity index is 1.13. The molecule has 0 N–H and O–H groups in total. The first-order chi connectivity index (χ1) is 14.1. The summed E-state index contributed by atoms with van der Waals surface area (Å²) in [6.45, 7) is 3.22. The van der Waals surface area contributed by atoms with Gasteiger partial charge in [-0.2, -0.15) is 0 Å². The third kappa shape index (κ3) is 5.22. The summed E-state index contributed by atoms with van der Waals surface area (Å²) in [5.41, 5.74) is 1.91. The highest BCUT2D eigenvalue weighted by Crippen LogP contribution is 2.39. The summed E-state index contributed by atoms with van der Waals surface area (Å²) in [4.78, 5) is 14.3. The molecule has 2 saturated heterocycles. The molecule has 5 heteroatoms. The van der Waals surface area contributed by atoms with Gasteiger partial charge in [0, 0.05) is 13.0 Å². The molecular weight excluding hydrogens is 369 g/mol. The highest BCUT2D eigenvalue weighted by molar-refractivity contribution is 5.77. The molecule has 0 aliphatic carbocycles. The van der Waals surface area contributed by atoms with Gasteiger partial charge < -0.3 is 14.4 Å². The maximum atomic E-state index is 13.2. The molecule has 4 rings (SSSR count). The fourth-order valence-electron chi connectivity index (χ4n) is 4.29. The van der Waals surface area contributed by atoms with E-state index >= 15 is 0 Å². The van der Waals surface area contributed by atoms with Crippen LogP contribution in [0.3, 0.4) is 0 Å². The molecule has 4 nitrogen and oxygen atoms in total. The minimum absolute atomic E-state index is 0.143. The average Bonchev–Trinajstić information content (AvgIpc) is 3.14. The number of rotatable bonds is 8.